The molecule has 3 rings (SSSR count). The summed E-state index contributed by atoms with van der Waals surface area (Å²) in [5.74, 6) is -17.2. The Bertz CT molecular complexity index is 3990. The number of nitrogens with one attached hydrogen (secondary N) is 18. The summed E-state index contributed by atoms with van der Waals surface area (Å²) in [4.78, 5) is 213. The van der Waals surface area contributed by atoms with Crippen LogP contribution in [-0.2, 0) is 84.8 Å². The summed E-state index contributed by atoms with van der Waals surface area (Å²) in [6.45, 7) is 15.7. The number of unbranched alkanes of at least 4 members (excludes halogenated alkanes) is 1. The van der Waals surface area contributed by atoms with Crippen LogP contribution in [0.1, 0.15) is 164 Å². The van der Waals surface area contributed by atoms with Gasteiger partial charge in [-0.15, -0.1) is 0 Å². The number of carbonyl (C=O) groups is 15. The fourth-order valence-corrected chi connectivity index (χ4v) is 14.0. The number of nitrogens with two attached hydrogens (primary N) is 5. The van der Waals surface area contributed by atoms with Crippen LogP contribution in [0.2, 0.25) is 0 Å². The van der Waals surface area contributed by atoms with Crippen molar-refractivity contribution in [2.45, 2.75) is 285 Å². The molecule has 46 heteroatoms. The fourth-order valence-electron chi connectivity index (χ4n) is 13.5. The summed E-state index contributed by atoms with van der Waals surface area (Å²) in [6, 6.07) is -11.3. The number of carboxylic acid groups (broad SMARTS) is 1. The van der Waals surface area contributed by atoms with Gasteiger partial charge < -0.3 is 150 Å². The number of guanidine groups is 1. The first kappa shape index (κ1) is 113. The summed E-state index contributed by atoms with van der Waals surface area (Å²) in [5, 5.41) is 114. The first-order valence-corrected chi connectivity index (χ1v) is 44.6. The van der Waals surface area contributed by atoms with Crippen molar-refractivity contribution >= 4 is 120 Å². The number of aromatic hydroxyl groups is 2. The third-order valence-corrected chi connectivity index (χ3v) is 22.1. The molecule has 0 radical (unpaired) electrons. The van der Waals surface area contributed by atoms with Gasteiger partial charge in [-0.2, -0.15) is 25.3 Å². The topological polar surface area (TPSA) is 736 Å². The zero-order valence-corrected chi connectivity index (χ0v) is 76.9. The molecule has 14 amide bonds. The van der Waals surface area contributed by atoms with Crippen LogP contribution >= 0.6 is 25.3 Å². The van der Waals surface area contributed by atoms with Gasteiger partial charge in [0.05, 0.1) is 24.4 Å². The number of benzene rings is 2. The molecule has 1 aliphatic rings. The summed E-state index contributed by atoms with van der Waals surface area (Å²) >= 11 is 8.98. The van der Waals surface area contributed by atoms with E-state index in [0.717, 1.165) is 6.92 Å². The second-order valence-corrected chi connectivity index (χ2v) is 34.7. The number of carbonyl (C=O) groups excluding carboxylic acids is 14. The van der Waals surface area contributed by atoms with Crippen LogP contribution in [0.5, 0.6) is 11.5 Å². The maximum absolute atomic E-state index is 14.9. The van der Waals surface area contributed by atoms with Crippen molar-refractivity contribution in [3.05, 3.63) is 59.7 Å². The molecule has 0 bridgehead atoms. The number of rotatable bonds is 60. The van der Waals surface area contributed by atoms with Gasteiger partial charge in [-0.1, -0.05) is 78.6 Å². The molecular weight excluding hydrogens is 1720 g/mol. The second kappa shape index (κ2) is 57.7. The molecule has 20 atom stereocenters. The van der Waals surface area contributed by atoms with E-state index < -0.39 is 220 Å². The molecule has 44 nitrogen and oxygen atoms in total. The highest BCUT2D eigenvalue weighted by molar-refractivity contribution is 7.81. The monoisotopic (exact) mass is 1860 g/mol. The number of β-amino-alcohol motifs (C(OH)–C–C–N with tert-alkyl or cyclic N) is 1. The van der Waals surface area contributed by atoms with Crippen molar-refractivity contribution in [1.82, 2.24) is 90.4 Å². The minimum atomic E-state index is -1.91. The number of hydrogen-bond acceptors (Lipinski definition) is 29. The number of carboxylic acids is 1. The van der Waals surface area contributed by atoms with E-state index in [0.29, 0.717) is 36.9 Å². The molecule has 129 heavy (non-hydrogen) atoms. The fraction of sp³-hybridized carbons (Fsp3) is 0.663. The number of amides is 14. The van der Waals surface area contributed by atoms with Crippen LogP contribution in [0.15, 0.2) is 48.5 Å². The number of phenolic OH excluding ortho intramolecular Hbond substituents is 2. The summed E-state index contributed by atoms with van der Waals surface area (Å²) < 4.78 is -1.50. The Morgan fingerprint density at radius 3 is 1.17 bits per heavy atom. The molecule has 726 valence electrons. The molecule has 1 heterocycles. The number of aliphatic carboxylic acids is 1. The zero-order chi connectivity index (χ0) is 97.1. The van der Waals surface area contributed by atoms with E-state index in [2.05, 4.69) is 116 Å². The van der Waals surface area contributed by atoms with E-state index in [9.17, 15) is 103 Å². The molecule has 2 aromatic rings. The predicted molar refractivity (Wildman–Crippen MR) is 485 cm³/mol. The Balaban J connectivity index is 1.91. The first-order valence-electron chi connectivity index (χ1n) is 43.5. The number of aliphatic hydroxyl groups excluding tert-OH is 3. The molecule has 1 fully saturated rings. The first-order chi connectivity index (χ1) is 60.8. The smallest absolute Gasteiger partial charge is 0.326 e. The Morgan fingerprint density at radius 2 is 0.791 bits per heavy atom. The Hall–Kier alpha value is -10.3. The van der Waals surface area contributed by atoms with E-state index in [1.807, 2.05) is 13.8 Å². The number of thiol groups is 2. The van der Waals surface area contributed by atoms with Crippen LogP contribution in [-0.4, -0.2) is 297 Å². The average Bonchev–Trinajstić information content (AvgIpc) is 1.17. The van der Waals surface area contributed by atoms with E-state index in [1.165, 1.54) is 69.3 Å². The van der Waals surface area contributed by atoms with Crippen molar-refractivity contribution in [3.63, 3.8) is 0 Å². The minimum absolute atomic E-state index is 0.0102. The van der Waals surface area contributed by atoms with Gasteiger partial charge in [-0.3, -0.25) is 72.5 Å². The van der Waals surface area contributed by atoms with Crippen LogP contribution in [0.25, 0.3) is 0 Å². The maximum Gasteiger partial charge on any atom is 0.326 e. The predicted octanol–water partition coefficient (Wildman–Crippen LogP) is -6.81. The van der Waals surface area contributed by atoms with Crippen LogP contribution < -0.4 is 119 Å². The van der Waals surface area contributed by atoms with Gasteiger partial charge in [0.15, 0.2) is 5.96 Å². The van der Waals surface area contributed by atoms with Crippen molar-refractivity contribution < 1.29 is 103 Å². The van der Waals surface area contributed by atoms with Gasteiger partial charge in [0.2, 0.25) is 82.7 Å². The van der Waals surface area contributed by atoms with Crippen molar-refractivity contribution in [3.8, 4) is 11.5 Å². The van der Waals surface area contributed by atoms with Crippen LogP contribution in [0, 0.1) is 17.2 Å². The van der Waals surface area contributed by atoms with Crippen molar-refractivity contribution in [2.75, 3.05) is 51.6 Å². The van der Waals surface area contributed by atoms with Crippen LogP contribution in [0.4, 0.5) is 0 Å². The molecule has 0 unspecified atom stereocenters. The molecule has 1 saturated heterocycles. The third-order valence-electron chi connectivity index (χ3n) is 21.5. The molecule has 1 aliphatic heterocycles. The molecule has 0 saturated carbocycles. The van der Waals surface area contributed by atoms with Gasteiger partial charge in [0.25, 0.3) is 0 Å². The van der Waals surface area contributed by atoms with E-state index in [1.54, 1.807) is 27.7 Å². The summed E-state index contributed by atoms with van der Waals surface area (Å²) in [7, 11) is 0. The highest BCUT2D eigenvalue weighted by Crippen LogP contribution is 2.22. The van der Waals surface area contributed by atoms with E-state index in [4.69, 9.17) is 34.1 Å². The molecule has 2 aromatic carbocycles. The zero-order valence-electron chi connectivity index (χ0n) is 75.1. The molecule has 0 spiro atoms. The second-order valence-electron chi connectivity index (χ2n) is 33.2. The average molecular weight is 1860 g/mol. The lowest BCUT2D eigenvalue weighted by Gasteiger charge is -2.34. The SMILES string of the molecule is CC[C@H](C)[C@H](NC(=O)[C@@H]1C[C@@H](O)CN1)C(=O)N[C@H](C(=O)N[C@@H](Cc1ccc(O)cc1)C(=O)N[C@H](C(=O)N[C@H](C(=O)N[C@@H](CCCNC(=N)N)C(=O)N[C@@H](CCN)C(=O)N[C@H](C(=O)N[C@H](CCN)C(=O)N[C@@H](CCCCN)C(=O)N[C@@H](CS)C(=O)N[C@@H](CCN)C(=O)N[C@@H](CCCNC(C)C)C(=O)N[C@@H](Cc1ccc(O)cc1)C(=O)O)[C@@H](C)O)[C@@H](C)CC)C(C)(C)S)[C@@H](C)O. The molecule has 0 aromatic heterocycles. The third kappa shape index (κ3) is 39.9. The quantitative estimate of drug-likeness (QED) is 0.0127. The number of aliphatic hydroxyl groups is 3. The lowest BCUT2D eigenvalue weighted by atomic mass is 9.95. The maximum atomic E-state index is 14.9. The van der Waals surface area contributed by atoms with Gasteiger partial charge >= 0.3 is 5.97 Å². The minimum Gasteiger partial charge on any atom is -0.508 e. The molecule has 34 N–H and O–H groups in total. The van der Waals surface area contributed by atoms with Gasteiger partial charge in [-0.25, -0.2) is 4.79 Å². The summed E-state index contributed by atoms with van der Waals surface area (Å²) in [6.07, 6.45) is -4.28. The Morgan fingerprint density at radius 1 is 0.450 bits per heavy atom. The number of phenols is 2. The highest BCUT2D eigenvalue weighted by atomic mass is 32.1. The lowest BCUT2D eigenvalue weighted by molar-refractivity contribution is -0.142. The van der Waals surface area contributed by atoms with Gasteiger partial charge in [0, 0.05) is 42.5 Å². The van der Waals surface area contributed by atoms with Crippen LogP contribution in [0.3, 0.4) is 0 Å². The van der Waals surface area contributed by atoms with Crippen molar-refractivity contribution in [2.24, 2.45) is 40.5 Å². The lowest BCUT2D eigenvalue weighted by Crippen LogP contribution is -2.65. The Labute approximate surface area is 763 Å². The number of hydrogen-bond donors (Lipinski definition) is 31. The van der Waals surface area contributed by atoms with E-state index in [-0.39, 0.29) is 140 Å². The van der Waals surface area contributed by atoms with Gasteiger partial charge in [-0.05, 0) is 178 Å². The van der Waals surface area contributed by atoms with Gasteiger partial charge in [0.1, 0.15) is 96.1 Å². The normalized spacial score (nSPS) is 17.4. The Kier molecular flexibility index (Phi) is 50.5. The van der Waals surface area contributed by atoms with E-state index >= 15 is 0 Å². The molecular formula is C83H141N23O21S2. The summed E-state index contributed by atoms with van der Waals surface area (Å²) in [5.41, 5.74) is 30.1. The van der Waals surface area contributed by atoms with Crippen molar-refractivity contribution in [1.29, 1.82) is 5.41 Å². The standard InChI is InChI=1S/C83H141N23O21S2/c1-11-43(5)62(103-80(125)66(83(9,10)129)106-74(119)59(37-47-20-24-49(109)25-21-47)99-79(124)65(46(8)108)105-77(122)63(44(6)12-2)102-73(118)58-39-51(111)40-92-58)76(121)97-54(19-16-36-91-82(88)89)67(112)95-57(30-34-87)72(117)104-64(45(7)107)78(123)98-56(29-33-86)71(116)93-52(17-13-14-31-84)69(114)101-61(41-128)75(120)96-55(28-32-85)70(115)94-53(18-15-35-90-42(3)4)68(113)100-60(81(126)127)38-48-22-26-50(110)27-23-48/h20-27,42-46,51-66,90,92,107-111,128-129H,11-19,28-41,84-87H2,1-10H3,(H,93,116)(H,94,115)(H,95,112)(H,96,120)(H,97,121)(H,98,123)(H,99,124)(H,100,113)(H,101,114)(H,102,118)(H,103,125)(H,104,117)(H,105,122)(H,106,119)(H,126,127)(H4,88,89,91)/t43-,44-,45+,46+,51+,52-,53-,54-,55-,56+,57-,58-,59-,60-,61-,62-,63-,64-,65-,66+/m0/s1. The molecule has 0 aliphatic carbocycles. The largest absolute Gasteiger partial charge is 0.508 e. The highest BCUT2D eigenvalue weighted by Gasteiger charge is 2.43.